The van der Waals surface area contributed by atoms with Gasteiger partial charge >= 0.3 is 0 Å². The zero-order valence-corrected chi connectivity index (χ0v) is 14.9. The van der Waals surface area contributed by atoms with Crippen LogP contribution in [0.3, 0.4) is 0 Å². The highest BCUT2D eigenvalue weighted by molar-refractivity contribution is 5.95. The van der Waals surface area contributed by atoms with Crippen molar-refractivity contribution < 1.29 is 9.53 Å². The van der Waals surface area contributed by atoms with Gasteiger partial charge in [0.05, 0.1) is 5.52 Å². The highest BCUT2D eigenvalue weighted by Crippen LogP contribution is 2.24. The van der Waals surface area contributed by atoms with Gasteiger partial charge in [-0.1, -0.05) is 6.07 Å². The van der Waals surface area contributed by atoms with E-state index in [0.29, 0.717) is 11.7 Å². The number of fused-ring (bicyclic) bond motifs is 1. The molecule has 2 aliphatic rings. The van der Waals surface area contributed by atoms with Crippen molar-refractivity contribution >= 4 is 16.8 Å². The molecule has 1 aromatic carbocycles. The molecule has 2 aliphatic heterocycles. The van der Waals surface area contributed by atoms with E-state index in [4.69, 9.17) is 4.74 Å². The van der Waals surface area contributed by atoms with Crippen LogP contribution in [0.2, 0.25) is 0 Å². The molecule has 132 valence electrons. The summed E-state index contributed by atoms with van der Waals surface area (Å²) < 4.78 is 6.16. The van der Waals surface area contributed by atoms with Crippen LogP contribution in [-0.2, 0) is 0 Å². The van der Waals surface area contributed by atoms with Gasteiger partial charge < -0.3 is 9.64 Å². The summed E-state index contributed by atoms with van der Waals surface area (Å²) in [6.45, 7) is 8.23. The van der Waals surface area contributed by atoms with E-state index < -0.39 is 0 Å². The Morgan fingerprint density at radius 2 is 2.04 bits per heavy atom. The number of hydrogen-bond acceptors (Lipinski definition) is 4. The third kappa shape index (κ3) is 3.33. The monoisotopic (exact) mass is 339 g/mol. The molecule has 4 rings (SSSR count). The first-order chi connectivity index (χ1) is 12.1. The van der Waals surface area contributed by atoms with Gasteiger partial charge in [-0.05, 0) is 51.0 Å². The van der Waals surface area contributed by atoms with E-state index in [1.54, 1.807) is 0 Å². The predicted octanol–water partition coefficient (Wildman–Crippen LogP) is 2.94. The highest BCUT2D eigenvalue weighted by Gasteiger charge is 2.26. The second-order valence-electron chi connectivity index (χ2n) is 7.31. The van der Waals surface area contributed by atoms with Crippen LogP contribution >= 0.6 is 0 Å². The Balaban J connectivity index is 1.48. The van der Waals surface area contributed by atoms with Crippen LogP contribution in [0.5, 0.6) is 5.75 Å². The van der Waals surface area contributed by atoms with Crippen molar-refractivity contribution in [3.05, 3.63) is 36.0 Å². The van der Waals surface area contributed by atoms with E-state index in [1.807, 2.05) is 35.2 Å². The summed E-state index contributed by atoms with van der Waals surface area (Å²) in [5.41, 5.74) is 1.37. The third-order valence-corrected chi connectivity index (χ3v) is 5.23. The number of carbonyl (C=O) groups excluding carboxylic acids is 1. The van der Waals surface area contributed by atoms with E-state index in [1.165, 1.54) is 0 Å². The molecule has 1 atom stereocenters. The average Bonchev–Trinajstić information content (AvgIpc) is 3.01. The molecule has 0 spiro atoms. The van der Waals surface area contributed by atoms with Crippen LogP contribution in [0.25, 0.3) is 10.9 Å². The third-order valence-electron chi connectivity index (χ3n) is 5.23. The number of nitrogens with zero attached hydrogens (tertiary/aromatic N) is 3. The molecule has 2 aromatic rings. The molecule has 0 radical (unpaired) electrons. The van der Waals surface area contributed by atoms with Crippen LogP contribution in [0, 0.1) is 0 Å². The van der Waals surface area contributed by atoms with Crippen molar-refractivity contribution in [2.45, 2.75) is 38.8 Å². The summed E-state index contributed by atoms with van der Waals surface area (Å²) in [4.78, 5) is 21.1. The Labute approximate surface area is 148 Å². The van der Waals surface area contributed by atoms with Crippen molar-refractivity contribution in [2.75, 3.05) is 26.2 Å². The number of hydrogen-bond donors (Lipinski definition) is 0. The van der Waals surface area contributed by atoms with E-state index in [0.717, 1.165) is 55.7 Å². The van der Waals surface area contributed by atoms with E-state index in [9.17, 15) is 4.79 Å². The summed E-state index contributed by atoms with van der Waals surface area (Å²) in [5, 5.41) is 1.01. The molecule has 2 saturated heterocycles. The number of aromatic nitrogens is 1. The standard InChI is InChI=1S/C20H25N3O2/c1-14(2)23-11-8-17(13-23)25-16-5-7-18-15(12-16)4-6-19(21-18)20(24)22-9-3-10-22/h4-7,12,14,17H,3,8-11,13H2,1-2H3. The van der Waals surface area contributed by atoms with Gasteiger partial charge in [-0.15, -0.1) is 0 Å². The lowest BCUT2D eigenvalue weighted by Crippen LogP contribution is -2.42. The van der Waals surface area contributed by atoms with Crippen molar-refractivity contribution in [2.24, 2.45) is 0 Å². The summed E-state index contributed by atoms with van der Waals surface area (Å²) >= 11 is 0. The number of pyridine rings is 1. The lowest BCUT2D eigenvalue weighted by molar-refractivity contribution is 0.0646. The van der Waals surface area contributed by atoms with Crippen molar-refractivity contribution in [3.8, 4) is 5.75 Å². The maximum absolute atomic E-state index is 12.3. The molecular formula is C20H25N3O2. The van der Waals surface area contributed by atoms with Gasteiger partial charge in [-0.3, -0.25) is 9.69 Å². The molecule has 0 N–H and O–H groups in total. The van der Waals surface area contributed by atoms with Crippen LogP contribution in [-0.4, -0.2) is 59.0 Å². The minimum absolute atomic E-state index is 0.0354. The largest absolute Gasteiger partial charge is 0.489 e. The molecule has 25 heavy (non-hydrogen) atoms. The molecular weight excluding hydrogens is 314 g/mol. The van der Waals surface area contributed by atoms with E-state index >= 15 is 0 Å². The number of rotatable bonds is 4. The fourth-order valence-corrected chi connectivity index (χ4v) is 3.49. The van der Waals surface area contributed by atoms with Gasteiger partial charge in [0.2, 0.25) is 0 Å². The topological polar surface area (TPSA) is 45.7 Å². The minimum Gasteiger partial charge on any atom is -0.489 e. The first-order valence-corrected chi connectivity index (χ1v) is 9.21. The van der Waals surface area contributed by atoms with Crippen molar-refractivity contribution in [1.29, 1.82) is 0 Å². The highest BCUT2D eigenvalue weighted by atomic mass is 16.5. The fraction of sp³-hybridized carbons (Fsp3) is 0.500. The maximum atomic E-state index is 12.3. The molecule has 3 heterocycles. The number of carbonyl (C=O) groups is 1. The van der Waals surface area contributed by atoms with Crippen molar-refractivity contribution in [1.82, 2.24) is 14.8 Å². The Bertz CT molecular complexity index is 786. The predicted molar refractivity (Wildman–Crippen MR) is 98.0 cm³/mol. The van der Waals surface area contributed by atoms with Crippen LogP contribution in [0.15, 0.2) is 30.3 Å². The van der Waals surface area contributed by atoms with E-state index in [-0.39, 0.29) is 12.0 Å². The van der Waals surface area contributed by atoms with Crippen LogP contribution in [0.4, 0.5) is 0 Å². The zero-order valence-electron chi connectivity index (χ0n) is 14.9. The van der Waals surface area contributed by atoms with Gasteiger partial charge in [0.25, 0.3) is 5.91 Å². The number of benzene rings is 1. The SMILES string of the molecule is CC(C)N1CCC(Oc2ccc3nc(C(=O)N4CCC4)ccc3c2)C1. The van der Waals surface area contributed by atoms with Gasteiger partial charge in [0.15, 0.2) is 0 Å². The summed E-state index contributed by atoms with van der Waals surface area (Å²) in [7, 11) is 0. The second kappa shape index (κ2) is 6.64. The van der Waals surface area contributed by atoms with Crippen LogP contribution in [0.1, 0.15) is 37.2 Å². The molecule has 0 bridgehead atoms. The first kappa shape index (κ1) is 16.3. The molecule has 1 amide bonds. The number of likely N-dealkylation sites (tertiary alicyclic amines) is 2. The molecule has 1 unspecified atom stereocenters. The Kier molecular flexibility index (Phi) is 4.34. The summed E-state index contributed by atoms with van der Waals surface area (Å²) in [6, 6.07) is 10.3. The molecule has 1 aromatic heterocycles. The van der Waals surface area contributed by atoms with E-state index in [2.05, 4.69) is 23.7 Å². The lowest BCUT2D eigenvalue weighted by atomic mass is 10.1. The zero-order chi connectivity index (χ0) is 17.4. The number of amides is 1. The minimum atomic E-state index is 0.0354. The smallest absolute Gasteiger partial charge is 0.272 e. The first-order valence-electron chi connectivity index (χ1n) is 9.21. The molecule has 5 nitrogen and oxygen atoms in total. The summed E-state index contributed by atoms with van der Waals surface area (Å²) in [6.07, 6.45) is 2.41. The average molecular weight is 339 g/mol. The maximum Gasteiger partial charge on any atom is 0.272 e. The quantitative estimate of drug-likeness (QED) is 0.859. The summed E-state index contributed by atoms with van der Waals surface area (Å²) in [5.74, 6) is 0.917. The lowest BCUT2D eigenvalue weighted by Gasteiger charge is -2.30. The van der Waals surface area contributed by atoms with Gasteiger partial charge in [0, 0.05) is 37.6 Å². The molecule has 2 fully saturated rings. The normalized spacial score (nSPS) is 20.9. The second-order valence-corrected chi connectivity index (χ2v) is 7.31. The Morgan fingerprint density at radius 3 is 2.72 bits per heavy atom. The van der Waals surface area contributed by atoms with Gasteiger partial charge in [-0.2, -0.15) is 0 Å². The molecule has 5 heteroatoms. The van der Waals surface area contributed by atoms with Gasteiger partial charge in [0.1, 0.15) is 17.5 Å². The van der Waals surface area contributed by atoms with Gasteiger partial charge in [-0.25, -0.2) is 4.98 Å². The Hall–Kier alpha value is -2.14. The Morgan fingerprint density at radius 1 is 1.20 bits per heavy atom. The van der Waals surface area contributed by atoms with Crippen LogP contribution < -0.4 is 4.74 Å². The molecule has 0 saturated carbocycles. The van der Waals surface area contributed by atoms with Crippen molar-refractivity contribution in [3.63, 3.8) is 0 Å². The molecule has 0 aliphatic carbocycles. The number of ether oxygens (including phenoxy) is 1. The fourth-order valence-electron chi connectivity index (χ4n) is 3.49.